The van der Waals surface area contributed by atoms with Crippen molar-refractivity contribution in [1.29, 1.82) is 4.78 Å². The average molecular weight is 825 g/mol. The molecule has 2 aliphatic heterocycles. The van der Waals surface area contributed by atoms with Gasteiger partial charge >= 0.3 is 0 Å². The minimum Gasteiger partial charge on any atom is -0.497 e. The Morgan fingerprint density at radius 1 is 0.982 bits per heavy atom. The van der Waals surface area contributed by atoms with E-state index in [-0.39, 0.29) is 29.9 Å². The molecular weight excluding hydrogens is 760 g/mol. The van der Waals surface area contributed by atoms with Crippen molar-refractivity contribution in [3.05, 3.63) is 90.0 Å². The van der Waals surface area contributed by atoms with Gasteiger partial charge in [0.15, 0.2) is 20.0 Å². The fraction of sp³-hybridized carbons (Fsp3) is 0.556. The number of fused-ring (bicyclic) bond motifs is 1. The van der Waals surface area contributed by atoms with Crippen molar-refractivity contribution >= 4 is 30.2 Å². The smallest absolute Gasteiger partial charge is 0.220 e. The molecule has 3 aromatic carbocycles. The number of hydrogen-bond donors (Lipinski definition) is 3. The Morgan fingerprint density at radius 3 is 2.39 bits per heavy atom. The molecule has 0 radical (unpaired) electrons. The van der Waals surface area contributed by atoms with Gasteiger partial charge in [0, 0.05) is 22.5 Å². The molecule has 10 nitrogen and oxygen atoms in total. The number of nitrogens with one attached hydrogen (secondary N) is 2. The van der Waals surface area contributed by atoms with E-state index in [0.29, 0.717) is 62.6 Å². The predicted molar refractivity (Wildman–Crippen MR) is 230 cm³/mol. The third-order valence-corrected chi connectivity index (χ3v) is 14.4. The maximum absolute atomic E-state index is 13.5. The van der Waals surface area contributed by atoms with Crippen LogP contribution in [0, 0.1) is 22.5 Å². The Morgan fingerprint density at radius 2 is 1.70 bits per heavy atom. The minimum atomic E-state index is -2.58. The molecule has 3 aromatic rings. The van der Waals surface area contributed by atoms with Crippen molar-refractivity contribution < 1.29 is 37.9 Å². The fourth-order valence-electron chi connectivity index (χ4n) is 7.65. The van der Waals surface area contributed by atoms with Gasteiger partial charge in [-0.1, -0.05) is 67.0 Å². The Bertz CT molecular complexity index is 1730. The van der Waals surface area contributed by atoms with Gasteiger partial charge in [-0.2, -0.15) is 0 Å². The first-order chi connectivity index (χ1) is 27.4. The van der Waals surface area contributed by atoms with E-state index in [9.17, 15) is 9.90 Å². The maximum atomic E-state index is 13.5. The summed E-state index contributed by atoms with van der Waals surface area (Å²) in [5.41, 5.74) is 2.02. The second-order valence-corrected chi connectivity index (χ2v) is 20.3. The lowest BCUT2D eigenvalue weighted by Gasteiger charge is -2.27. The van der Waals surface area contributed by atoms with Crippen molar-refractivity contribution in [2.24, 2.45) is 17.8 Å². The maximum Gasteiger partial charge on any atom is 0.220 e. The van der Waals surface area contributed by atoms with Crippen LogP contribution in [0.1, 0.15) is 83.8 Å². The van der Waals surface area contributed by atoms with E-state index in [1.807, 2.05) is 92.7 Å². The van der Waals surface area contributed by atoms with Crippen LogP contribution in [0.2, 0.25) is 0 Å². The molecular formula is C45H65N2O8PS. The van der Waals surface area contributed by atoms with E-state index >= 15 is 0 Å². The summed E-state index contributed by atoms with van der Waals surface area (Å²) < 4.78 is 44.6. The summed E-state index contributed by atoms with van der Waals surface area (Å²) >= 11 is 0. The van der Waals surface area contributed by atoms with Gasteiger partial charge < -0.3 is 38.4 Å². The van der Waals surface area contributed by atoms with Gasteiger partial charge in [-0.3, -0.25) is 9.57 Å². The van der Waals surface area contributed by atoms with Crippen LogP contribution in [-0.4, -0.2) is 73.8 Å². The molecule has 0 bridgehead atoms. The quantitative estimate of drug-likeness (QED) is 0.0764. The van der Waals surface area contributed by atoms with Gasteiger partial charge in [0.2, 0.25) is 5.91 Å². The van der Waals surface area contributed by atoms with Crippen LogP contribution in [0.25, 0.3) is 0 Å². The Kier molecular flexibility index (Phi) is 17.7. The molecule has 8 atom stereocenters. The van der Waals surface area contributed by atoms with Crippen LogP contribution in [0.3, 0.4) is 0 Å². The molecule has 3 unspecified atom stereocenters. The van der Waals surface area contributed by atoms with Crippen LogP contribution in [0.4, 0.5) is 0 Å². The van der Waals surface area contributed by atoms with Crippen LogP contribution >= 0.6 is 7.34 Å². The number of aliphatic hydroxyl groups excluding tert-OH is 1. The molecule has 0 saturated carbocycles. The molecule has 314 valence electrons. The number of amides is 1. The van der Waals surface area contributed by atoms with Crippen LogP contribution < -0.4 is 14.8 Å². The molecule has 5 rings (SSSR count). The molecule has 2 saturated heterocycles. The number of hydrogen-bond acceptors (Lipinski definition) is 9. The average Bonchev–Trinajstić information content (AvgIpc) is 3.83. The van der Waals surface area contributed by atoms with Crippen molar-refractivity contribution in [3.63, 3.8) is 0 Å². The number of benzene rings is 3. The largest absolute Gasteiger partial charge is 0.497 e. The van der Waals surface area contributed by atoms with E-state index < -0.39 is 30.2 Å². The number of aliphatic hydroxyl groups is 1. The zero-order valence-electron chi connectivity index (χ0n) is 34.5. The SMILES string of the molecule is C=P(COc1ccc(C[C@H](NC(=O)CC[C@H]2CO[C@H]3OCC[C@@H]23)[C@H](O)CCCC(CC(C)C)S(=N)c2ccc(OC)cc2)cc1)(OCc1ccccc1)OC(C)C. The summed E-state index contributed by atoms with van der Waals surface area (Å²) in [5, 5.41) is 15.1. The van der Waals surface area contributed by atoms with Crippen LogP contribution in [0.15, 0.2) is 83.8 Å². The van der Waals surface area contributed by atoms with Gasteiger partial charge in [0.25, 0.3) is 0 Å². The summed E-state index contributed by atoms with van der Waals surface area (Å²) in [6.07, 6.45) is 9.11. The van der Waals surface area contributed by atoms with E-state index in [0.717, 1.165) is 53.9 Å². The lowest BCUT2D eigenvalue weighted by Crippen LogP contribution is -2.45. The van der Waals surface area contributed by atoms with Gasteiger partial charge in [0.1, 0.15) is 11.5 Å². The van der Waals surface area contributed by atoms with Crippen molar-refractivity contribution in [2.75, 3.05) is 26.7 Å². The lowest BCUT2D eigenvalue weighted by atomic mass is 9.89. The van der Waals surface area contributed by atoms with Crippen molar-refractivity contribution in [2.45, 2.75) is 120 Å². The first-order valence-electron chi connectivity index (χ1n) is 20.5. The lowest BCUT2D eigenvalue weighted by molar-refractivity contribution is -0.123. The second-order valence-electron chi connectivity index (χ2n) is 16.1. The first-order valence-corrected chi connectivity index (χ1v) is 23.8. The monoisotopic (exact) mass is 824 g/mol. The van der Waals surface area contributed by atoms with E-state index in [1.165, 1.54) is 0 Å². The number of methoxy groups -OCH3 is 1. The summed E-state index contributed by atoms with van der Waals surface area (Å²) in [4.78, 5) is 14.5. The second kappa shape index (κ2) is 22.4. The van der Waals surface area contributed by atoms with E-state index in [2.05, 4.69) is 25.5 Å². The molecule has 1 amide bonds. The van der Waals surface area contributed by atoms with Crippen molar-refractivity contribution in [1.82, 2.24) is 5.32 Å². The van der Waals surface area contributed by atoms with Crippen LogP contribution in [-0.2, 0) is 47.0 Å². The first kappa shape index (κ1) is 45.1. The third-order valence-electron chi connectivity index (χ3n) is 10.6. The Balaban J connectivity index is 1.21. The number of carbonyl (C=O) groups is 1. The summed E-state index contributed by atoms with van der Waals surface area (Å²) in [6, 6.07) is 25.1. The molecule has 2 aliphatic rings. The number of rotatable bonds is 24. The summed E-state index contributed by atoms with van der Waals surface area (Å²) in [7, 11) is -1.63. The highest BCUT2D eigenvalue weighted by molar-refractivity contribution is 7.86. The highest BCUT2D eigenvalue weighted by Crippen LogP contribution is 2.49. The van der Waals surface area contributed by atoms with Crippen LogP contribution in [0.5, 0.6) is 11.5 Å². The molecule has 0 spiro atoms. The topological polar surface area (TPSA) is 129 Å². The van der Waals surface area contributed by atoms with E-state index in [4.69, 9.17) is 32.8 Å². The zero-order chi connectivity index (χ0) is 40.8. The van der Waals surface area contributed by atoms with Gasteiger partial charge in [-0.05, 0) is 124 Å². The standard InChI is InChI=1S/C45H65N2O8PS/c1-32(2)27-40(57(46)39-22-20-37(50-5)21-23-39)13-10-14-43(48)42(47-44(49)24-17-36-30-52-45-41(36)25-26-51-45)28-34-15-18-38(19-16-34)53-31-56(6,55-33(3)4)54-29-35-11-8-7-9-12-35/h7-9,11-12,15-16,18-23,32-33,36,40-43,45-46,48H,6,10,13-14,17,24-31H2,1-5H3,(H,47,49)/t36-,40?,41-,42-,43+,45+,56?,57?/m0/s1. The molecule has 2 fully saturated rings. The van der Waals surface area contributed by atoms with Gasteiger partial charge in [-0.25, -0.2) is 0 Å². The Hall–Kier alpha value is -3.02. The molecule has 0 aliphatic carbocycles. The zero-order valence-corrected chi connectivity index (χ0v) is 36.2. The molecule has 0 aromatic heterocycles. The minimum absolute atomic E-state index is 0.0670. The summed E-state index contributed by atoms with van der Waals surface area (Å²) in [6.45, 7) is 10.0. The van der Waals surface area contributed by atoms with E-state index in [1.54, 1.807) is 7.11 Å². The predicted octanol–water partition coefficient (Wildman–Crippen LogP) is 9.16. The number of carbonyl (C=O) groups excluding carboxylic acids is 1. The van der Waals surface area contributed by atoms with Crippen molar-refractivity contribution in [3.8, 4) is 11.5 Å². The van der Waals surface area contributed by atoms with Gasteiger partial charge in [0.05, 0.1) is 45.2 Å². The normalized spacial score (nSPS) is 21.1. The highest BCUT2D eigenvalue weighted by Gasteiger charge is 2.41. The molecule has 3 N–H and O–H groups in total. The molecule has 2 heterocycles. The van der Waals surface area contributed by atoms with Gasteiger partial charge in [-0.15, -0.1) is 0 Å². The molecule has 12 heteroatoms. The Labute approximate surface area is 343 Å². The molecule has 57 heavy (non-hydrogen) atoms. The number of ether oxygens (including phenoxy) is 4. The fourth-order valence-corrected chi connectivity index (χ4v) is 11.1. The highest BCUT2D eigenvalue weighted by atomic mass is 32.2. The summed E-state index contributed by atoms with van der Waals surface area (Å²) in [5.74, 6) is 2.48. The third kappa shape index (κ3) is 14.3.